The number of rotatable bonds is 7. The van der Waals surface area contributed by atoms with Crippen molar-refractivity contribution < 1.29 is 30.3 Å². The van der Waals surface area contributed by atoms with Crippen molar-refractivity contribution >= 4 is 11.0 Å². The summed E-state index contributed by atoms with van der Waals surface area (Å²) in [7, 11) is 0. The molecule has 0 aliphatic carbocycles. The molecule has 2 heterocycles. The third-order valence-electron chi connectivity index (χ3n) is 12.4. The molecule has 7 aromatic carbocycles. The predicted octanol–water partition coefficient (Wildman–Crippen LogP) is 16.1. The number of phenolic OH excluding ortho intramolecular Hbond substituents is 1. The van der Waals surface area contributed by atoms with E-state index in [2.05, 4.69) is 170 Å². The number of nitrogens with zero attached hydrogens (tertiary/aromatic N) is 3. The van der Waals surface area contributed by atoms with Crippen LogP contribution in [0.25, 0.3) is 83.9 Å². The predicted molar refractivity (Wildman–Crippen MR) is 273 cm³/mol. The molecule has 9 rings (SSSR count). The molecule has 0 saturated carbocycles. The summed E-state index contributed by atoms with van der Waals surface area (Å²) in [6.45, 7) is 17.5. The SMILES string of the molecule is [2H]C([2H])([2H])c1cccc(-c2ccnc(-c3[c-]c(-c4cccc5c4nc(-c4cc(C(C)(C)C)cc(C(C)(C)C)c4O)n5-c4ccc(C(C)(C)C)cc4-c4ccccc4)cc(-c4ccccc4)c3)c2)c1.[Pt]. The van der Waals surface area contributed by atoms with Gasteiger partial charge >= 0.3 is 0 Å². The van der Waals surface area contributed by atoms with Crippen LogP contribution in [-0.4, -0.2) is 19.6 Å². The Labute approximate surface area is 410 Å². The van der Waals surface area contributed by atoms with E-state index in [9.17, 15) is 5.11 Å². The molecular formula is C61H58N3OPt-. The molecule has 0 aliphatic heterocycles. The number of para-hydroxylation sites is 1. The zero-order valence-corrected chi connectivity index (χ0v) is 41.5. The number of imidazole rings is 1. The Morgan fingerprint density at radius 3 is 1.85 bits per heavy atom. The molecule has 0 amide bonds. The molecule has 1 N–H and O–H groups in total. The third-order valence-corrected chi connectivity index (χ3v) is 12.4. The molecule has 5 heteroatoms. The summed E-state index contributed by atoms with van der Waals surface area (Å²) < 4.78 is 26.4. The molecule has 0 unspecified atom stereocenters. The number of aromatic nitrogens is 3. The van der Waals surface area contributed by atoms with Crippen molar-refractivity contribution in [2.75, 3.05) is 0 Å². The average molecular weight is 1050 g/mol. The number of aromatic hydroxyl groups is 1. The van der Waals surface area contributed by atoms with Crippen molar-refractivity contribution in [1.29, 1.82) is 0 Å². The zero-order chi connectivity index (χ0) is 48.3. The molecule has 4 nitrogen and oxygen atoms in total. The van der Waals surface area contributed by atoms with Gasteiger partial charge in [0, 0.05) is 48.2 Å². The molecule has 0 radical (unpaired) electrons. The van der Waals surface area contributed by atoms with Gasteiger partial charge < -0.3 is 5.11 Å². The van der Waals surface area contributed by atoms with Gasteiger partial charge in [-0.3, -0.25) is 9.55 Å². The monoisotopic (exact) mass is 1050 g/mol. The summed E-state index contributed by atoms with van der Waals surface area (Å²) in [5.74, 6) is 0.849. The topological polar surface area (TPSA) is 50.9 Å². The number of hydrogen-bond acceptors (Lipinski definition) is 3. The van der Waals surface area contributed by atoms with Crippen LogP contribution < -0.4 is 0 Å². The van der Waals surface area contributed by atoms with Gasteiger partial charge in [-0.2, -0.15) is 0 Å². The molecule has 0 fully saturated rings. The summed E-state index contributed by atoms with van der Waals surface area (Å²) in [5, 5.41) is 12.6. The molecule has 9 aromatic rings. The van der Waals surface area contributed by atoms with Gasteiger partial charge in [-0.25, -0.2) is 4.98 Å². The largest absolute Gasteiger partial charge is 0.507 e. The van der Waals surface area contributed by atoms with Crippen LogP contribution in [-0.2, 0) is 37.3 Å². The van der Waals surface area contributed by atoms with Crippen molar-refractivity contribution in [3.8, 4) is 78.6 Å². The molecule has 0 atom stereocenters. The van der Waals surface area contributed by atoms with Crippen LogP contribution in [0.4, 0.5) is 0 Å². The maximum Gasteiger partial charge on any atom is 0.148 e. The van der Waals surface area contributed by atoms with Crippen molar-refractivity contribution in [2.24, 2.45) is 0 Å². The normalized spacial score (nSPS) is 12.9. The van der Waals surface area contributed by atoms with Crippen LogP contribution in [0.3, 0.4) is 0 Å². The minimum Gasteiger partial charge on any atom is -0.507 e. The van der Waals surface area contributed by atoms with Crippen molar-refractivity contribution in [2.45, 2.75) is 85.4 Å². The standard InChI is InChI=1S/C61H58N3O.Pt/c1-39-19-17-24-42(31-39)43-29-30-62-53(35-43)46-33-44(40-20-13-11-14-21-40)32-45(34-46)49-25-18-26-55-56(49)63-58(51-37-48(60(5,6)7)38-52(57(51)65)61(8,9)10)64(55)54-28-27-47(59(2,3)4)36-50(54)41-22-15-12-16-23-41;/h11-33,35-38,65H,1-10H3;/q-1;/i1D3;. The van der Waals surface area contributed by atoms with Gasteiger partial charge in [-0.1, -0.05) is 200 Å². The fourth-order valence-corrected chi connectivity index (χ4v) is 8.70. The quantitative estimate of drug-likeness (QED) is 0.162. The van der Waals surface area contributed by atoms with Crippen LogP contribution in [0.2, 0.25) is 0 Å². The van der Waals surface area contributed by atoms with E-state index in [0.717, 1.165) is 77.9 Å². The Hall–Kier alpha value is -6.35. The second-order valence-electron chi connectivity index (χ2n) is 20.3. The van der Waals surface area contributed by atoms with E-state index in [1.807, 2.05) is 42.5 Å². The van der Waals surface area contributed by atoms with Gasteiger partial charge in [0.2, 0.25) is 0 Å². The van der Waals surface area contributed by atoms with Crippen molar-refractivity contribution in [1.82, 2.24) is 14.5 Å². The summed E-state index contributed by atoms with van der Waals surface area (Å²) in [4.78, 5) is 10.5. The maximum absolute atomic E-state index is 12.6. The smallest absolute Gasteiger partial charge is 0.148 e. The third kappa shape index (κ3) is 9.09. The fourth-order valence-electron chi connectivity index (χ4n) is 8.70. The van der Waals surface area contributed by atoms with E-state index >= 15 is 0 Å². The first-order valence-corrected chi connectivity index (χ1v) is 22.5. The van der Waals surface area contributed by atoms with Crippen LogP contribution in [0.5, 0.6) is 5.75 Å². The van der Waals surface area contributed by atoms with Gasteiger partial charge in [0.05, 0.1) is 22.3 Å². The van der Waals surface area contributed by atoms with Gasteiger partial charge in [0.1, 0.15) is 11.6 Å². The van der Waals surface area contributed by atoms with E-state index in [1.54, 1.807) is 24.4 Å². The van der Waals surface area contributed by atoms with Crippen LogP contribution in [0, 0.1) is 12.9 Å². The van der Waals surface area contributed by atoms with Crippen molar-refractivity contribution in [3.63, 3.8) is 0 Å². The molecule has 0 spiro atoms. The number of aryl methyl sites for hydroxylation is 1. The Morgan fingerprint density at radius 1 is 0.530 bits per heavy atom. The maximum atomic E-state index is 12.6. The Kier molecular flexibility index (Phi) is 11.4. The number of fused-ring (bicyclic) bond motifs is 1. The average Bonchev–Trinajstić information content (AvgIpc) is 3.70. The molecule has 334 valence electrons. The first-order chi connectivity index (χ1) is 32.1. The Bertz CT molecular complexity index is 3340. The van der Waals surface area contributed by atoms with E-state index in [1.165, 1.54) is 5.56 Å². The second-order valence-corrected chi connectivity index (χ2v) is 20.3. The second kappa shape index (κ2) is 17.8. The minimum atomic E-state index is -2.23. The summed E-state index contributed by atoms with van der Waals surface area (Å²) >= 11 is 0. The number of benzene rings is 7. The minimum absolute atomic E-state index is 0. The number of hydrogen-bond donors (Lipinski definition) is 1. The molecule has 66 heavy (non-hydrogen) atoms. The van der Waals surface area contributed by atoms with Crippen LogP contribution >= 0.6 is 0 Å². The fraction of sp³-hybridized carbons (Fsp3) is 0.213. The molecule has 0 aliphatic rings. The van der Waals surface area contributed by atoms with Gasteiger partial charge in [0.15, 0.2) is 0 Å². The van der Waals surface area contributed by atoms with E-state index in [0.29, 0.717) is 17.1 Å². The summed E-state index contributed by atoms with van der Waals surface area (Å²) in [5.41, 5.74) is 15.0. The molecule has 0 bridgehead atoms. The number of phenols is 1. The van der Waals surface area contributed by atoms with Crippen LogP contribution in [0.1, 0.15) is 88.7 Å². The summed E-state index contributed by atoms with van der Waals surface area (Å²) in [6.07, 6.45) is 1.77. The van der Waals surface area contributed by atoms with E-state index in [4.69, 9.17) is 14.1 Å². The van der Waals surface area contributed by atoms with Crippen molar-refractivity contribution in [3.05, 3.63) is 192 Å². The Balaban J connectivity index is 0.00000642. The Morgan fingerprint density at radius 2 is 1.17 bits per heavy atom. The van der Waals surface area contributed by atoms with Gasteiger partial charge in [0.25, 0.3) is 0 Å². The molecular weight excluding hydrogens is 986 g/mol. The first-order valence-electron chi connectivity index (χ1n) is 24.0. The summed E-state index contributed by atoms with van der Waals surface area (Å²) in [6, 6.07) is 57.2. The zero-order valence-electron chi connectivity index (χ0n) is 42.2. The molecule has 2 aromatic heterocycles. The van der Waals surface area contributed by atoms with Crippen LogP contribution in [0.15, 0.2) is 164 Å². The van der Waals surface area contributed by atoms with E-state index in [-0.39, 0.29) is 48.6 Å². The van der Waals surface area contributed by atoms with Gasteiger partial charge in [-0.05, 0) is 86.8 Å². The van der Waals surface area contributed by atoms with Gasteiger partial charge in [-0.15, -0.1) is 23.8 Å². The van der Waals surface area contributed by atoms with E-state index < -0.39 is 6.85 Å². The first kappa shape index (κ1) is 42.3. The molecule has 0 saturated heterocycles. The number of pyridine rings is 1.